The number of benzene rings is 8. The smallest absolute Gasteiger partial charge is 0.164 e. The summed E-state index contributed by atoms with van der Waals surface area (Å²) in [6.45, 7) is 0. The summed E-state index contributed by atoms with van der Waals surface area (Å²) in [6, 6.07) is 62.5. The maximum absolute atomic E-state index is 7.09. The molecule has 12 aromatic rings. The molecule has 0 radical (unpaired) electrons. The molecular formula is C51H30N4O2. The summed E-state index contributed by atoms with van der Waals surface area (Å²) in [4.78, 5) is 15.4. The number of aromatic nitrogens is 4. The summed E-state index contributed by atoms with van der Waals surface area (Å²) in [5.41, 5.74) is 10.9. The van der Waals surface area contributed by atoms with Gasteiger partial charge in [-0.15, -0.1) is 0 Å². The minimum Gasteiger partial charge on any atom is -0.455 e. The predicted molar refractivity (Wildman–Crippen MR) is 230 cm³/mol. The van der Waals surface area contributed by atoms with E-state index < -0.39 is 0 Å². The van der Waals surface area contributed by atoms with E-state index in [0.717, 1.165) is 88.4 Å². The van der Waals surface area contributed by atoms with Crippen LogP contribution < -0.4 is 0 Å². The topological polar surface area (TPSA) is 69.9 Å². The summed E-state index contributed by atoms with van der Waals surface area (Å²) in [6.07, 6.45) is 0. The molecule has 8 aromatic carbocycles. The van der Waals surface area contributed by atoms with Crippen LogP contribution in [0.3, 0.4) is 0 Å². The average Bonchev–Trinajstić information content (AvgIpc) is 3.97. The highest BCUT2D eigenvalue weighted by Gasteiger charge is 2.25. The van der Waals surface area contributed by atoms with Gasteiger partial charge in [-0.05, 0) is 36.4 Å². The van der Waals surface area contributed by atoms with Crippen molar-refractivity contribution in [3.05, 3.63) is 182 Å². The van der Waals surface area contributed by atoms with Crippen LogP contribution in [0, 0.1) is 0 Å². The van der Waals surface area contributed by atoms with Crippen molar-refractivity contribution >= 4 is 65.7 Å². The Labute approximate surface area is 325 Å². The lowest BCUT2D eigenvalue weighted by atomic mass is 9.97. The zero-order valence-electron chi connectivity index (χ0n) is 30.4. The molecule has 0 atom stereocenters. The van der Waals surface area contributed by atoms with E-state index in [2.05, 4.69) is 102 Å². The van der Waals surface area contributed by atoms with Crippen molar-refractivity contribution in [2.75, 3.05) is 0 Å². The van der Waals surface area contributed by atoms with Gasteiger partial charge >= 0.3 is 0 Å². The number of hydrogen-bond acceptors (Lipinski definition) is 5. The van der Waals surface area contributed by atoms with Gasteiger partial charge in [0.15, 0.2) is 17.5 Å². The normalized spacial score (nSPS) is 11.9. The van der Waals surface area contributed by atoms with Crippen molar-refractivity contribution in [3.8, 4) is 51.0 Å². The van der Waals surface area contributed by atoms with E-state index in [1.807, 2.05) is 84.9 Å². The molecule has 6 nitrogen and oxygen atoms in total. The molecule has 4 heterocycles. The molecule has 57 heavy (non-hydrogen) atoms. The molecule has 4 aromatic heterocycles. The number of fused-ring (bicyclic) bond motifs is 9. The summed E-state index contributed by atoms with van der Waals surface area (Å²) < 4.78 is 16.1. The number of nitrogens with zero attached hydrogens (tertiary/aromatic N) is 4. The van der Waals surface area contributed by atoms with E-state index in [4.69, 9.17) is 23.8 Å². The zero-order chi connectivity index (χ0) is 37.5. The summed E-state index contributed by atoms with van der Waals surface area (Å²) in [7, 11) is 0. The Hall–Kier alpha value is -7.83. The largest absolute Gasteiger partial charge is 0.455 e. The second kappa shape index (κ2) is 12.3. The van der Waals surface area contributed by atoms with Crippen LogP contribution in [0.5, 0.6) is 0 Å². The Bertz CT molecular complexity index is 3410. The van der Waals surface area contributed by atoms with E-state index in [-0.39, 0.29) is 0 Å². The van der Waals surface area contributed by atoms with Gasteiger partial charge in [0.25, 0.3) is 0 Å². The van der Waals surface area contributed by atoms with E-state index in [9.17, 15) is 0 Å². The molecule has 0 fully saturated rings. The second-order valence-electron chi connectivity index (χ2n) is 14.3. The van der Waals surface area contributed by atoms with Crippen LogP contribution in [0.25, 0.3) is 117 Å². The predicted octanol–water partition coefficient (Wildman–Crippen LogP) is 13.4. The molecule has 0 saturated heterocycles. The minimum absolute atomic E-state index is 0.564. The van der Waals surface area contributed by atoms with Crippen LogP contribution in [-0.2, 0) is 0 Å². The van der Waals surface area contributed by atoms with Crippen molar-refractivity contribution in [3.63, 3.8) is 0 Å². The van der Waals surface area contributed by atoms with Crippen molar-refractivity contribution in [1.29, 1.82) is 0 Å². The highest BCUT2D eigenvalue weighted by atomic mass is 16.3. The van der Waals surface area contributed by atoms with Gasteiger partial charge in [-0.3, -0.25) is 0 Å². The van der Waals surface area contributed by atoms with Crippen LogP contribution in [0.2, 0.25) is 0 Å². The molecule has 0 amide bonds. The zero-order valence-corrected chi connectivity index (χ0v) is 30.4. The van der Waals surface area contributed by atoms with Gasteiger partial charge in [-0.2, -0.15) is 0 Å². The first-order valence-electron chi connectivity index (χ1n) is 19.0. The maximum atomic E-state index is 7.09. The molecule has 12 rings (SSSR count). The molecule has 0 spiro atoms. The first kappa shape index (κ1) is 31.5. The number of para-hydroxylation sites is 4. The van der Waals surface area contributed by atoms with Crippen LogP contribution in [0.4, 0.5) is 0 Å². The van der Waals surface area contributed by atoms with Gasteiger partial charge in [0.2, 0.25) is 0 Å². The molecule has 0 N–H and O–H groups in total. The molecule has 0 aliphatic carbocycles. The SMILES string of the molecule is c1ccc(-c2nc(-c3ccccc3)nc(-c3cccc4oc5c(-c6cccc7c6oc6ccccc67)ccc(-n6c7ccccc7c7ccccc76)c5c34)n2)cc1. The lowest BCUT2D eigenvalue weighted by molar-refractivity contribution is 0.665. The molecule has 266 valence electrons. The van der Waals surface area contributed by atoms with Crippen LogP contribution >= 0.6 is 0 Å². The Morgan fingerprint density at radius 1 is 0.333 bits per heavy atom. The Morgan fingerprint density at radius 2 is 0.842 bits per heavy atom. The first-order chi connectivity index (χ1) is 28.3. The molecule has 0 saturated carbocycles. The third kappa shape index (κ3) is 4.81. The van der Waals surface area contributed by atoms with Crippen molar-refractivity contribution in [1.82, 2.24) is 19.5 Å². The van der Waals surface area contributed by atoms with Gasteiger partial charge in [-0.1, -0.05) is 146 Å². The Morgan fingerprint density at radius 3 is 1.54 bits per heavy atom. The number of furan rings is 2. The highest BCUT2D eigenvalue weighted by molar-refractivity contribution is 6.21. The monoisotopic (exact) mass is 730 g/mol. The molecular weight excluding hydrogens is 701 g/mol. The quantitative estimate of drug-likeness (QED) is 0.176. The highest BCUT2D eigenvalue weighted by Crippen LogP contribution is 2.47. The molecule has 0 unspecified atom stereocenters. The van der Waals surface area contributed by atoms with Crippen molar-refractivity contribution in [2.45, 2.75) is 0 Å². The summed E-state index contributed by atoms with van der Waals surface area (Å²) in [5.74, 6) is 1.77. The summed E-state index contributed by atoms with van der Waals surface area (Å²) in [5, 5.41) is 6.39. The van der Waals surface area contributed by atoms with Gasteiger partial charge in [0.05, 0.1) is 22.1 Å². The second-order valence-corrected chi connectivity index (χ2v) is 14.3. The molecule has 0 aliphatic heterocycles. The Kier molecular flexibility index (Phi) is 6.83. The van der Waals surface area contributed by atoms with Gasteiger partial charge in [0.1, 0.15) is 22.3 Å². The molecule has 6 heteroatoms. The fourth-order valence-corrected chi connectivity index (χ4v) is 8.56. The van der Waals surface area contributed by atoms with Gasteiger partial charge in [0, 0.05) is 54.7 Å². The van der Waals surface area contributed by atoms with E-state index in [1.54, 1.807) is 0 Å². The third-order valence-corrected chi connectivity index (χ3v) is 11.1. The number of hydrogen-bond donors (Lipinski definition) is 0. The van der Waals surface area contributed by atoms with E-state index in [0.29, 0.717) is 17.5 Å². The number of rotatable bonds is 5. The summed E-state index contributed by atoms with van der Waals surface area (Å²) >= 11 is 0. The van der Waals surface area contributed by atoms with Crippen molar-refractivity contribution < 1.29 is 8.83 Å². The molecule has 0 bridgehead atoms. The maximum Gasteiger partial charge on any atom is 0.164 e. The van der Waals surface area contributed by atoms with Crippen LogP contribution in [0.1, 0.15) is 0 Å². The fraction of sp³-hybridized carbons (Fsp3) is 0. The Balaban J connectivity index is 1.22. The third-order valence-electron chi connectivity index (χ3n) is 11.1. The minimum atomic E-state index is 0.564. The lowest BCUT2D eigenvalue weighted by Crippen LogP contribution is -2.00. The van der Waals surface area contributed by atoms with Crippen molar-refractivity contribution in [2.24, 2.45) is 0 Å². The van der Waals surface area contributed by atoms with E-state index >= 15 is 0 Å². The van der Waals surface area contributed by atoms with Gasteiger partial charge < -0.3 is 13.4 Å². The van der Waals surface area contributed by atoms with Gasteiger partial charge in [-0.25, -0.2) is 15.0 Å². The first-order valence-corrected chi connectivity index (χ1v) is 19.0. The van der Waals surface area contributed by atoms with Crippen LogP contribution in [-0.4, -0.2) is 19.5 Å². The van der Waals surface area contributed by atoms with E-state index in [1.165, 1.54) is 10.8 Å². The average molecular weight is 731 g/mol. The van der Waals surface area contributed by atoms with Crippen LogP contribution in [0.15, 0.2) is 191 Å². The standard InChI is InChI=1S/C51H30N4O2/c1-3-15-31(16-4-1)49-52-50(32-17-5-2-6-18-32)54-51(53-49)39-24-14-28-44-45(39)46-42(55-40-25-10-7-19-33(40)34-20-8-11-26-41(34)55)30-29-38(48(46)57-44)37-23-13-22-36-35-21-9-12-27-43(35)56-47(36)37/h1-30H. The lowest BCUT2D eigenvalue weighted by Gasteiger charge is -2.13. The molecule has 0 aliphatic rings. The fourth-order valence-electron chi connectivity index (χ4n) is 8.56.